The van der Waals surface area contributed by atoms with Crippen LogP contribution in [0.4, 0.5) is 16.2 Å². The van der Waals surface area contributed by atoms with E-state index in [-0.39, 0.29) is 5.82 Å². The van der Waals surface area contributed by atoms with Crippen molar-refractivity contribution in [2.24, 2.45) is 0 Å². The molecule has 32 heavy (non-hydrogen) atoms. The van der Waals surface area contributed by atoms with Crippen LogP contribution in [-0.4, -0.2) is 21.5 Å². The molecule has 7 heteroatoms. The fourth-order valence-corrected chi connectivity index (χ4v) is 3.69. The second kappa shape index (κ2) is 9.01. The Morgan fingerprint density at radius 3 is 2.59 bits per heavy atom. The van der Waals surface area contributed by atoms with Gasteiger partial charge in [0.2, 0.25) is 11.8 Å². The van der Waals surface area contributed by atoms with E-state index >= 15 is 0 Å². The van der Waals surface area contributed by atoms with Crippen molar-refractivity contribution in [1.82, 2.24) is 15.0 Å². The first-order valence-corrected chi connectivity index (χ1v) is 10.5. The Bertz CT molecular complexity index is 1200. The maximum atomic E-state index is 13.0. The Labute approximate surface area is 185 Å². The molecule has 160 valence electrons. The molecule has 1 aliphatic rings. The van der Waals surface area contributed by atoms with Crippen LogP contribution in [0.1, 0.15) is 16.7 Å². The first-order chi connectivity index (χ1) is 15.7. The molecule has 1 N–H and O–H groups in total. The molecule has 0 saturated heterocycles. The van der Waals surface area contributed by atoms with Crippen molar-refractivity contribution in [3.05, 3.63) is 102 Å². The number of aromatic nitrogens is 3. The SMILES string of the molecule is Fc1ccc(Oc2ccnc(NCc3ccc(N4CCc5ccccc5C4)nc3)n2)cc1. The summed E-state index contributed by atoms with van der Waals surface area (Å²) in [6, 6.07) is 20.1. The number of nitrogens with one attached hydrogen (secondary N) is 1. The van der Waals surface area contributed by atoms with E-state index < -0.39 is 0 Å². The molecule has 0 amide bonds. The van der Waals surface area contributed by atoms with Crippen molar-refractivity contribution in [2.45, 2.75) is 19.5 Å². The topological polar surface area (TPSA) is 63.2 Å². The molecular formula is C25H22FN5O. The molecule has 0 radical (unpaired) electrons. The summed E-state index contributed by atoms with van der Waals surface area (Å²) in [4.78, 5) is 15.5. The number of ether oxygens (including phenoxy) is 1. The maximum Gasteiger partial charge on any atom is 0.226 e. The lowest BCUT2D eigenvalue weighted by atomic mass is 10.00. The first-order valence-electron chi connectivity index (χ1n) is 10.5. The van der Waals surface area contributed by atoms with Gasteiger partial charge in [-0.25, -0.2) is 14.4 Å². The van der Waals surface area contributed by atoms with Crippen LogP contribution in [-0.2, 0) is 19.5 Å². The first kappa shape index (κ1) is 19.9. The minimum absolute atomic E-state index is 0.313. The minimum Gasteiger partial charge on any atom is -0.439 e. The third kappa shape index (κ3) is 4.67. The Morgan fingerprint density at radius 1 is 0.938 bits per heavy atom. The third-order valence-electron chi connectivity index (χ3n) is 5.38. The van der Waals surface area contributed by atoms with Crippen LogP contribution in [0.5, 0.6) is 11.6 Å². The van der Waals surface area contributed by atoms with E-state index in [4.69, 9.17) is 4.74 Å². The second-order valence-electron chi connectivity index (χ2n) is 7.59. The quantitative estimate of drug-likeness (QED) is 0.468. The maximum absolute atomic E-state index is 13.0. The smallest absolute Gasteiger partial charge is 0.226 e. The van der Waals surface area contributed by atoms with Gasteiger partial charge in [-0.15, -0.1) is 0 Å². The van der Waals surface area contributed by atoms with E-state index in [1.54, 1.807) is 24.4 Å². The van der Waals surface area contributed by atoms with E-state index in [2.05, 4.69) is 61.6 Å². The van der Waals surface area contributed by atoms with Crippen molar-refractivity contribution in [2.75, 3.05) is 16.8 Å². The molecule has 6 nitrogen and oxygen atoms in total. The van der Waals surface area contributed by atoms with Gasteiger partial charge in [-0.1, -0.05) is 30.3 Å². The van der Waals surface area contributed by atoms with Gasteiger partial charge in [-0.3, -0.25) is 0 Å². The normalized spacial score (nSPS) is 12.8. The van der Waals surface area contributed by atoms with Crippen LogP contribution in [0.3, 0.4) is 0 Å². The highest BCUT2D eigenvalue weighted by molar-refractivity contribution is 5.45. The number of hydrogen-bond acceptors (Lipinski definition) is 6. The number of hydrogen-bond donors (Lipinski definition) is 1. The molecule has 1 aliphatic heterocycles. The van der Waals surface area contributed by atoms with Crippen molar-refractivity contribution >= 4 is 11.8 Å². The van der Waals surface area contributed by atoms with Crippen LogP contribution in [0.15, 0.2) is 79.1 Å². The standard InChI is InChI=1S/C25H22FN5O/c26-21-6-8-22(9-7-21)32-24-11-13-27-25(30-24)29-16-18-5-10-23(28-15-18)31-14-12-19-3-1-2-4-20(19)17-31/h1-11,13,15H,12,14,16-17H2,(H,27,29,30). The highest BCUT2D eigenvalue weighted by Crippen LogP contribution is 2.23. The Kier molecular flexibility index (Phi) is 5.61. The summed E-state index contributed by atoms with van der Waals surface area (Å²) < 4.78 is 18.7. The molecule has 4 aromatic rings. The highest BCUT2D eigenvalue weighted by Gasteiger charge is 2.16. The zero-order chi connectivity index (χ0) is 21.8. The van der Waals surface area contributed by atoms with Gasteiger partial charge in [0.15, 0.2) is 0 Å². The predicted molar refractivity (Wildman–Crippen MR) is 121 cm³/mol. The minimum atomic E-state index is -0.313. The zero-order valence-corrected chi connectivity index (χ0v) is 17.4. The largest absolute Gasteiger partial charge is 0.439 e. The second-order valence-corrected chi connectivity index (χ2v) is 7.59. The van der Waals surface area contributed by atoms with Crippen LogP contribution in [0, 0.1) is 5.82 Å². The van der Waals surface area contributed by atoms with Gasteiger partial charge in [0.05, 0.1) is 0 Å². The number of pyridine rings is 1. The summed E-state index contributed by atoms with van der Waals surface area (Å²) >= 11 is 0. The van der Waals surface area contributed by atoms with Crippen LogP contribution >= 0.6 is 0 Å². The molecule has 0 spiro atoms. The van der Waals surface area contributed by atoms with Crippen molar-refractivity contribution < 1.29 is 9.13 Å². The van der Waals surface area contributed by atoms with Crippen molar-refractivity contribution in [3.8, 4) is 11.6 Å². The van der Waals surface area contributed by atoms with Gasteiger partial charge >= 0.3 is 0 Å². The average Bonchev–Trinajstić information content (AvgIpc) is 2.84. The summed E-state index contributed by atoms with van der Waals surface area (Å²) in [5.41, 5.74) is 3.82. The lowest BCUT2D eigenvalue weighted by Gasteiger charge is -2.29. The van der Waals surface area contributed by atoms with Crippen molar-refractivity contribution in [1.29, 1.82) is 0 Å². The zero-order valence-electron chi connectivity index (χ0n) is 17.4. The average molecular weight is 427 g/mol. The van der Waals surface area contributed by atoms with Crippen LogP contribution in [0.25, 0.3) is 0 Å². The number of fused-ring (bicyclic) bond motifs is 1. The number of anilines is 2. The van der Waals surface area contributed by atoms with Crippen LogP contribution in [0.2, 0.25) is 0 Å². The summed E-state index contributed by atoms with van der Waals surface area (Å²) in [7, 11) is 0. The van der Waals surface area contributed by atoms with Crippen molar-refractivity contribution in [3.63, 3.8) is 0 Å². The van der Waals surface area contributed by atoms with E-state index in [9.17, 15) is 4.39 Å². The van der Waals surface area contributed by atoms with E-state index in [1.807, 2.05) is 6.20 Å². The Hall–Kier alpha value is -4.00. The molecule has 0 fully saturated rings. The fraction of sp³-hybridized carbons (Fsp3) is 0.160. The molecule has 5 rings (SSSR count). The molecule has 0 atom stereocenters. The molecule has 2 aromatic carbocycles. The van der Waals surface area contributed by atoms with Crippen LogP contribution < -0.4 is 15.0 Å². The fourth-order valence-electron chi connectivity index (χ4n) is 3.69. The predicted octanol–water partition coefficient (Wildman–Crippen LogP) is 4.98. The molecule has 0 unspecified atom stereocenters. The summed E-state index contributed by atoms with van der Waals surface area (Å²) in [5.74, 6) is 2.01. The van der Waals surface area contributed by atoms with Gasteiger partial charge in [0.25, 0.3) is 0 Å². The van der Waals surface area contributed by atoms with Gasteiger partial charge in [0.1, 0.15) is 17.4 Å². The number of rotatable bonds is 6. The van der Waals surface area contributed by atoms with Gasteiger partial charge in [-0.05, 0) is 53.4 Å². The Balaban J connectivity index is 1.19. The molecular weight excluding hydrogens is 405 g/mol. The van der Waals surface area contributed by atoms with E-state index in [0.29, 0.717) is 24.1 Å². The summed E-state index contributed by atoms with van der Waals surface area (Å²) in [5, 5.41) is 3.19. The van der Waals surface area contributed by atoms with Gasteiger partial charge in [0, 0.05) is 38.1 Å². The number of benzene rings is 2. The van der Waals surface area contributed by atoms with Gasteiger partial charge in [-0.2, -0.15) is 4.98 Å². The number of halogens is 1. The third-order valence-corrected chi connectivity index (χ3v) is 5.38. The highest BCUT2D eigenvalue weighted by atomic mass is 19.1. The summed E-state index contributed by atoms with van der Waals surface area (Å²) in [6.45, 7) is 2.39. The lowest BCUT2D eigenvalue weighted by Crippen LogP contribution is -2.30. The van der Waals surface area contributed by atoms with Gasteiger partial charge < -0.3 is 15.0 Å². The van der Waals surface area contributed by atoms with E-state index in [1.165, 1.54) is 23.3 Å². The lowest BCUT2D eigenvalue weighted by molar-refractivity contribution is 0.460. The molecule has 3 heterocycles. The molecule has 2 aromatic heterocycles. The molecule has 0 saturated carbocycles. The van der Waals surface area contributed by atoms with E-state index in [0.717, 1.165) is 30.9 Å². The monoisotopic (exact) mass is 427 g/mol. The summed E-state index contributed by atoms with van der Waals surface area (Å²) in [6.07, 6.45) is 4.53. The molecule has 0 bridgehead atoms. The number of nitrogens with zero attached hydrogens (tertiary/aromatic N) is 4. The molecule has 0 aliphatic carbocycles. The Morgan fingerprint density at radius 2 is 1.78 bits per heavy atom.